The smallest absolute Gasteiger partial charge is 0.123 e. The highest BCUT2D eigenvalue weighted by molar-refractivity contribution is 6.30. The Morgan fingerprint density at radius 3 is 2.22 bits per heavy atom. The van der Waals surface area contributed by atoms with Crippen molar-refractivity contribution in [2.24, 2.45) is 0 Å². The van der Waals surface area contributed by atoms with E-state index in [4.69, 9.17) is 11.6 Å². The van der Waals surface area contributed by atoms with Gasteiger partial charge in [-0.2, -0.15) is 0 Å². The molecule has 0 aliphatic carbocycles. The van der Waals surface area contributed by atoms with Crippen LogP contribution in [0.3, 0.4) is 0 Å². The first-order valence-electron chi connectivity index (χ1n) is 5.57. The second kappa shape index (κ2) is 5.85. The number of hydrogen-bond donors (Lipinski definition) is 2. The summed E-state index contributed by atoms with van der Waals surface area (Å²) in [6.45, 7) is -0.0565. The molecule has 2 aromatic carbocycles. The van der Waals surface area contributed by atoms with Gasteiger partial charge < -0.3 is 10.4 Å². The van der Waals surface area contributed by atoms with Crippen molar-refractivity contribution in [1.82, 2.24) is 0 Å². The lowest BCUT2D eigenvalue weighted by molar-refractivity contribution is 0.276. The Bertz CT molecular complexity index is 498. The van der Waals surface area contributed by atoms with Gasteiger partial charge in [-0.25, -0.2) is 4.39 Å². The van der Waals surface area contributed by atoms with Crippen LogP contribution >= 0.6 is 11.6 Å². The van der Waals surface area contributed by atoms with Crippen molar-refractivity contribution in [2.75, 3.05) is 11.9 Å². The highest BCUT2D eigenvalue weighted by Gasteiger charge is 2.09. The molecule has 2 aromatic rings. The molecule has 18 heavy (non-hydrogen) atoms. The normalized spacial score (nSPS) is 12.2. The van der Waals surface area contributed by atoms with Crippen LogP contribution in [0, 0.1) is 5.82 Å². The number of nitrogens with one attached hydrogen (secondary N) is 1. The van der Waals surface area contributed by atoms with E-state index in [9.17, 15) is 9.50 Å². The summed E-state index contributed by atoms with van der Waals surface area (Å²) in [7, 11) is 0. The first-order valence-corrected chi connectivity index (χ1v) is 5.95. The SMILES string of the molecule is OCC(Nc1ccc(F)cc1)c1ccc(Cl)cc1. The van der Waals surface area contributed by atoms with E-state index in [1.165, 1.54) is 12.1 Å². The number of hydrogen-bond acceptors (Lipinski definition) is 2. The summed E-state index contributed by atoms with van der Waals surface area (Å²) in [4.78, 5) is 0. The van der Waals surface area contributed by atoms with Crippen molar-refractivity contribution in [1.29, 1.82) is 0 Å². The Kier molecular flexibility index (Phi) is 4.18. The van der Waals surface area contributed by atoms with Crippen LogP contribution in [0.5, 0.6) is 0 Å². The van der Waals surface area contributed by atoms with Crippen LogP contribution in [0.25, 0.3) is 0 Å². The van der Waals surface area contributed by atoms with Gasteiger partial charge in [0, 0.05) is 10.7 Å². The number of anilines is 1. The fourth-order valence-electron chi connectivity index (χ4n) is 1.68. The third-order valence-electron chi connectivity index (χ3n) is 2.64. The molecule has 94 valence electrons. The van der Waals surface area contributed by atoms with E-state index in [1.807, 2.05) is 12.1 Å². The van der Waals surface area contributed by atoms with Crippen LogP contribution in [0.2, 0.25) is 5.02 Å². The largest absolute Gasteiger partial charge is 0.394 e. The van der Waals surface area contributed by atoms with Crippen molar-refractivity contribution in [3.05, 3.63) is 64.9 Å². The van der Waals surface area contributed by atoms with Gasteiger partial charge in [-0.1, -0.05) is 23.7 Å². The van der Waals surface area contributed by atoms with Gasteiger partial charge in [-0.3, -0.25) is 0 Å². The fourth-order valence-corrected chi connectivity index (χ4v) is 1.80. The Labute approximate surface area is 110 Å². The minimum atomic E-state index is -0.285. The third kappa shape index (κ3) is 3.22. The number of rotatable bonds is 4. The average Bonchev–Trinajstić information content (AvgIpc) is 2.39. The highest BCUT2D eigenvalue weighted by Crippen LogP contribution is 2.21. The molecule has 1 atom stereocenters. The summed E-state index contributed by atoms with van der Waals surface area (Å²) >= 11 is 5.81. The van der Waals surface area contributed by atoms with Gasteiger partial charge in [0.05, 0.1) is 12.6 Å². The predicted octanol–water partition coefficient (Wildman–Crippen LogP) is 3.62. The molecule has 0 aliphatic heterocycles. The minimum Gasteiger partial charge on any atom is -0.394 e. The quantitative estimate of drug-likeness (QED) is 0.885. The predicted molar refractivity (Wildman–Crippen MR) is 71.3 cm³/mol. The summed E-state index contributed by atoms with van der Waals surface area (Å²) in [6, 6.07) is 13.0. The molecular weight excluding hydrogens is 253 g/mol. The van der Waals surface area contributed by atoms with Crippen molar-refractivity contribution in [3.8, 4) is 0 Å². The second-order valence-corrected chi connectivity index (χ2v) is 4.37. The van der Waals surface area contributed by atoms with Crippen molar-refractivity contribution in [3.63, 3.8) is 0 Å². The fraction of sp³-hybridized carbons (Fsp3) is 0.143. The van der Waals surface area contributed by atoms with Gasteiger partial charge in [-0.15, -0.1) is 0 Å². The molecule has 0 amide bonds. The maximum absolute atomic E-state index is 12.8. The summed E-state index contributed by atoms with van der Waals surface area (Å²) in [6.07, 6.45) is 0. The molecule has 2 N–H and O–H groups in total. The van der Waals surface area contributed by atoms with Crippen LogP contribution < -0.4 is 5.32 Å². The van der Waals surface area contributed by atoms with Crippen LogP contribution in [0.4, 0.5) is 10.1 Å². The minimum absolute atomic E-state index is 0.0565. The number of aliphatic hydroxyl groups excluding tert-OH is 1. The van der Waals surface area contributed by atoms with Gasteiger partial charge in [0.25, 0.3) is 0 Å². The Morgan fingerprint density at radius 1 is 1.06 bits per heavy atom. The second-order valence-electron chi connectivity index (χ2n) is 3.94. The molecule has 0 fully saturated rings. The van der Waals surface area contributed by atoms with Crippen molar-refractivity contribution >= 4 is 17.3 Å². The van der Waals surface area contributed by atoms with E-state index < -0.39 is 0 Å². The van der Waals surface area contributed by atoms with Gasteiger partial charge in [0.1, 0.15) is 5.82 Å². The first kappa shape index (κ1) is 12.9. The van der Waals surface area contributed by atoms with Crippen LogP contribution in [0.15, 0.2) is 48.5 Å². The van der Waals surface area contributed by atoms with Crippen LogP contribution in [0.1, 0.15) is 11.6 Å². The molecule has 2 nitrogen and oxygen atoms in total. The van der Waals surface area contributed by atoms with Gasteiger partial charge in [-0.05, 0) is 42.0 Å². The van der Waals surface area contributed by atoms with Gasteiger partial charge in [0.2, 0.25) is 0 Å². The topological polar surface area (TPSA) is 32.3 Å². The summed E-state index contributed by atoms with van der Waals surface area (Å²) in [5.41, 5.74) is 1.68. The zero-order valence-corrected chi connectivity index (χ0v) is 10.4. The lowest BCUT2D eigenvalue weighted by Gasteiger charge is -2.18. The molecule has 1 unspecified atom stereocenters. The van der Waals surface area contributed by atoms with Crippen LogP contribution in [-0.4, -0.2) is 11.7 Å². The number of halogens is 2. The molecular formula is C14H13ClFNO. The van der Waals surface area contributed by atoms with Crippen molar-refractivity contribution in [2.45, 2.75) is 6.04 Å². The Hall–Kier alpha value is -1.58. The number of aliphatic hydroxyl groups is 1. The van der Waals surface area contributed by atoms with E-state index >= 15 is 0 Å². The zero-order valence-electron chi connectivity index (χ0n) is 9.61. The maximum Gasteiger partial charge on any atom is 0.123 e. The van der Waals surface area contributed by atoms with Gasteiger partial charge in [0.15, 0.2) is 0 Å². The van der Waals surface area contributed by atoms with Crippen LogP contribution in [-0.2, 0) is 0 Å². The molecule has 0 bridgehead atoms. The molecule has 0 aliphatic rings. The standard InChI is InChI=1S/C14H13ClFNO/c15-11-3-1-10(2-4-11)14(9-18)17-13-7-5-12(16)6-8-13/h1-8,14,17-18H,9H2. The molecule has 0 saturated heterocycles. The Morgan fingerprint density at radius 2 is 1.67 bits per heavy atom. The third-order valence-corrected chi connectivity index (χ3v) is 2.89. The lowest BCUT2D eigenvalue weighted by Crippen LogP contribution is -2.14. The highest BCUT2D eigenvalue weighted by atomic mass is 35.5. The molecule has 0 saturated carbocycles. The molecule has 0 spiro atoms. The van der Waals surface area contributed by atoms with Gasteiger partial charge >= 0.3 is 0 Å². The van der Waals surface area contributed by atoms with E-state index in [0.717, 1.165) is 11.3 Å². The average molecular weight is 266 g/mol. The first-order chi connectivity index (χ1) is 8.69. The summed E-state index contributed by atoms with van der Waals surface area (Å²) < 4.78 is 12.8. The zero-order chi connectivity index (χ0) is 13.0. The molecule has 0 heterocycles. The molecule has 4 heteroatoms. The maximum atomic E-state index is 12.8. The molecule has 0 radical (unpaired) electrons. The monoisotopic (exact) mass is 265 g/mol. The molecule has 0 aromatic heterocycles. The summed E-state index contributed by atoms with van der Waals surface area (Å²) in [5.74, 6) is -0.285. The van der Waals surface area contributed by atoms with E-state index in [-0.39, 0.29) is 18.5 Å². The van der Waals surface area contributed by atoms with Crippen molar-refractivity contribution < 1.29 is 9.50 Å². The number of benzene rings is 2. The Balaban J connectivity index is 2.14. The summed E-state index contributed by atoms with van der Waals surface area (Å²) in [5, 5.41) is 13.2. The molecule has 2 rings (SSSR count). The lowest BCUT2D eigenvalue weighted by atomic mass is 10.1. The van der Waals surface area contributed by atoms with E-state index in [2.05, 4.69) is 5.32 Å². The van der Waals surface area contributed by atoms with E-state index in [1.54, 1.807) is 24.3 Å². The van der Waals surface area contributed by atoms with E-state index in [0.29, 0.717) is 5.02 Å².